The van der Waals surface area contributed by atoms with Gasteiger partial charge in [-0.25, -0.2) is 0 Å². The second kappa shape index (κ2) is 12.3. The summed E-state index contributed by atoms with van der Waals surface area (Å²) in [6.07, 6.45) is 1.04. The van der Waals surface area contributed by atoms with E-state index in [1.54, 1.807) is 5.57 Å². The number of thiophene rings is 1. The van der Waals surface area contributed by atoms with Gasteiger partial charge in [0, 0.05) is 42.4 Å². The Hall–Kier alpha value is -5.12. The summed E-state index contributed by atoms with van der Waals surface area (Å²) in [6, 6.07) is 43.0. The molecule has 9 rings (SSSR count). The van der Waals surface area contributed by atoms with Gasteiger partial charge in [0.25, 0.3) is 0 Å². The minimum absolute atomic E-state index is 0.494. The fraction of sp³-hybridized carbons (Fsp3) is 0.167. The van der Waals surface area contributed by atoms with E-state index >= 15 is 0 Å². The van der Waals surface area contributed by atoms with Gasteiger partial charge in [-0.15, -0.1) is 11.3 Å². The summed E-state index contributed by atoms with van der Waals surface area (Å²) in [6.45, 7) is 13.9. The third-order valence-corrected chi connectivity index (χ3v) is 12.9. The molecule has 1 nitrogen and oxygen atoms in total. The number of para-hydroxylation sites is 1. The predicted octanol–water partition coefficient (Wildman–Crippen LogP) is 11.5. The molecule has 248 valence electrons. The van der Waals surface area contributed by atoms with Crippen LogP contribution in [0.25, 0.3) is 59.0 Å². The average molecular weight is 676 g/mol. The molecule has 0 fully saturated rings. The van der Waals surface area contributed by atoms with Crippen molar-refractivity contribution in [3.8, 4) is 22.4 Å². The first-order valence-electron chi connectivity index (χ1n) is 18.3. The van der Waals surface area contributed by atoms with E-state index in [9.17, 15) is 0 Å². The predicted molar refractivity (Wildman–Crippen MR) is 225 cm³/mol. The van der Waals surface area contributed by atoms with E-state index in [1.165, 1.54) is 109 Å². The summed E-state index contributed by atoms with van der Waals surface area (Å²) in [4.78, 5) is 3.96. The fourth-order valence-electron chi connectivity index (χ4n) is 8.76. The number of hydrogen-bond acceptors (Lipinski definition) is 1. The van der Waals surface area contributed by atoms with Crippen molar-refractivity contribution in [3.63, 3.8) is 0 Å². The van der Waals surface area contributed by atoms with Crippen LogP contribution in [0.1, 0.15) is 52.8 Å². The van der Waals surface area contributed by atoms with Gasteiger partial charge in [-0.2, -0.15) is 0 Å². The lowest BCUT2D eigenvalue weighted by Crippen LogP contribution is -2.33. The zero-order chi connectivity index (χ0) is 35.0. The van der Waals surface area contributed by atoms with E-state index in [4.69, 9.17) is 0 Å². The molecular weight excluding hydrogens is 633 g/mol. The van der Waals surface area contributed by atoms with Crippen molar-refractivity contribution in [2.75, 3.05) is 0 Å². The number of nitrogens with one attached hydrogen (secondary N) is 1. The van der Waals surface area contributed by atoms with E-state index in [2.05, 4.69) is 162 Å². The Morgan fingerprint density at radius 1 is 0.608 bits per heavy atom. The van der Waals surface area contributed by atoms with E-state index in [1.807, 2.05) is 11.3 Å². The molecule has 0 radical (unpaired) electrons. The van der Waals surface area contributed by atoms with Crippen molar-refractivity contribution in [2.45, 2.75) is 48.0 Å². The Labute approximate surface area is 305 Å². The van der Waals surface area contributed by atoms with Crippen molar-refractivity contribution in [1.29, 1.82) is 0 Å². The Morgan fingerprint density at radius 2 is 1.29 bits per heavy atom. The first-order valence-corrected chi connectivity index (χ1v) is 19.1. The number of aromatic nitrogens is 1. The van der Waals surface area contributed by atoms with Gasteiger partial charge in [-0.3, -0.25) is 0 Å². The maximum absolute atomic E-state index is 3.96. The van der Waals surface area contributed by atoms with E-state index in [0.29, 0.717) is 5.92 Å². The summed E-state index contributed by atoms with van der Waals surface area (Å²) < 4.78 is 2.74. The lowest BCUT2D eigenvalue weighted by molar-refractivity contribution is 0.752. The Balaban J connectivity index is 1.27. The van der Waals surface area contributed by atoms with Crippen molar-refractivity contribution in [1.82, 2.24) is 4.98 Å². The monoisotopic (exact) mass is 675 g/mol. The van der Waals surface area contributed by atoms with Crippen LogP contribution in [0.3, 0.4) is 0 Å². The molecule has 1 aliphatic carbocycles. The molecule has 0 spiro atoms. The zero-order valence-electron chi connectivity index (χ0n) is 30.4. The summed E-state index contributed by atoms with van der Waals surface area (Å²) in [7, 11) is 0.873. The van der Waals surface area contributed by atoms with Crippen molar-refractivity contribution < 1.29 is 0 Å². The van der Waals surface area contributed by atoms with Crippen LogP contribution in [0.4, 0.5) is 0 Å². The van der Waals surface area contributed by atoms with Crippen molar-refractivity contribution >= 4 is 66.2 Å². The molecule has 0 saturated carbocycles. The van der Waals surface area contributed by atoms with Crippen LogP contribution < -0.4 is 10.9 Å². The number of rotatable bonds is 6. The lowest BCUT2D eigenvalue weighted by atomic mass is 9.58. The molecule has 0 amide bonds. The van der Waals surface area contributed by atoms with Crippen LogP contribution in [-0.2, 0) is 6.42 Å². The van der Waals surface area contributed by atoms with E-state index < -0.39 is 0 Å². The average Bonchev–Trinajstić information content (AvgIpc) is 3.82. The molecule has 2 heterocycles. The quantitative estimate of drug-likeness (QED) is 0.169. The van der Waals surface area contributed by atoms with E-state index in [-0.39, 0.29) is 0 Å². The molecule has 6 aromatic carbocycles. The van der Waals surface area contributed by atoms with Gasteiger partial charge in [0.2, 0.25) is 0 Å². The number of H-pyrrole nitrogens is 1. The van der Waals surface area contributed by atoms with Crippen LogP contribution in [0.15, 0.2) is 121 Å². The number of allylic oxidation sites excluding steroid dienone is 1. The standard InChI is InChI=1S/C48H42BNS/c1-27(2)39-25-32-16-8-10-18-36(32)44(39)34-20-14-23-42(29(34)4)49-45-31(6)48-41(37-19-11-12-24-43(37)51-48)26-40(45)38-22-13-21-35-30(5)46(50-47(35)38)33-17-9-7-15-28(33)3/h7-24,26-27,49-50H,25H2,1-6H3. The smallest absolute Gasteiger partial charge is 0.193 e. The highest BCUT2D eigenvalue weighted by Gasteiger charge is 2.27. The second-order valence-electron chi connectivity index (χ2n) is 14.8. The summed E-state index contributed by atoms with van der Waals surface area (Å²) in [5.41, 5.74) is 21.7. The normalized spacial score (nSPS) is 12.9. The van der Waals surface area contributed by atoms with Crippen LogP contribution in [0, 0.1) is 33.6 Å². The first-order chi connectivity index (χ1) is 24.8. The number of aromatic amines is 1. The summed E-state index contributed by atoms with van der Waals surface area (Å²) in [5.74, 6) is 0.494. The molecule has 0 saturated heterocycles. The highest BCUT2D eigenvalue weighted by molar-refractivity contribution is 7.26. The Morgan fingerprint density at radius 3 is 2.12 bits per heavy atom. The maximum Gasteiger partial charge on any atom is 0.193 e. The third kappa shape index (κ3) is 5.05. The maximum atomic E-state index is 3.96. The van der Waals surface area contributed by atoms with Gasteiger partial charge in [0.15, 0.2) is 7.28 Å². The topological polar surface area (TPSA) is 15.8 Å². The minimum Gasteiger partial charge on any atom is -0.354 e. The highest BCUT2D eigenvalue weighted by Crippen LogP contribution is 2.43. The van der Waals surface area contributed by atoms with Gasteiger partial charge < -0.3 is 4.98 Å². The second-order valence-corrected chi connectivity index (χ2v) is 15.9. The van der Waals surface area contributed by atoms with Gasteiger partial charge in [-0.05, 0) is 102 Å². The molecule has 0 aliphatic heterocycles. The summed E-state index contributed by atoms with van der Waals surface area (Å²) in [5, 5.41) is 3.98. The lowest BCUT2D eigenvalue weighted by Gasteiger charge is -2.19. The van der Waals surface area contributed by atoms with Crippen LogP contribution in [0.2, 0.25) is 0 Å². The number of aryl methyl sites for hydroxylation is 3. The zero-order valence-corrected chi connectivity index (χ0v) is 31.2. The van der Waals surface area contributed by atoms with Crippen LogP contribution >= 0.6 is 11.3 Å². The van der Waals surface area contributed by atoms with Gasteiger partial charge in [-0.1, -0.05) is 133 Å². The molecule has 2 aromatic heterocycles. The minimum atomic E-state index is 0.494. The molecule has 8 aromatic rings. The molecule has 3 heteroatoms. The van der Waals surface area contributed by atoms with Crippen LogP contribution in [-0.4, -0.2) is 12.3 Å². The molecule has 0 bridgehead atoms. The van der Waals surface area contributed by atoms with Gasteiger partial charge >= 0.3 is 0 Å². The van der Waals surface area contributed by atoms with Crippen molar-refractivity contribution in [2.24, 2.45) is 5.92 Å². The van der Waals surface area contributed by atoms with Crippen molar-refractivity contribution in [3.05, 3.63) is 160 Å². The number of fused-ring (bicyclic) bond motifs is 5. The SMILES string of the molecule is Cc1ccccc1-c1[nH]c2c(-c3cc4c(sc5ccccc54)c(C)c3Bc3cccc(C4=C(C(C)C)Cc5ccccc54)c3C)cccc2c1C. The molecular formula is C48H42BNS. The van der Waals surface area contributed by atoms with Crippen LogP contribution in [0.5, 0.6) is 0 Å². The summed E-state index contributed by atoms with van der Waals surface area (Å²) >= 11 is 1.93. The van der Waals surface area contributed by atoms with Gasteiger partial charge in [0.05, 0.1) is 5.52 Å². The number of hydrogen-bond donors (Lipinski definition) is 1. The van der Waals surface area contributed by atoms with E-state index in [0.717, 1.165) is 13.7 Å². The molecule has 1 N–H and O–H groups in total. The number of benzene rings is 6. The molecule has 51 heavy (non-hydrogen) atoms. The molecule has 0 unspecified atom stereocenters. The first kappa shape index (κ1) is 31.8. The Bertz CT molecular complexity index is 2720. The molecule has 0 atom stereocenters. The fourth-order valence-corrected chi connectivity index (χ4v) is 9.97. The largest absolute Gasteiger partial charge is 0.354 e. The Kier molecular flexibility index (Phi) is 7.67. The molecule has 1 aliphatic rings. The highest BCUT2D eigenvalue weighted by atomic mass is 32.1. The van der Waals surface area contributed by atoms with Gasteiger partial charge in [0.1, 0.15) is 0 Å². The third-order valence-electron chi connectivity index (χ3n) is 11.6.